The second-order valence-corrected chi connectivity index (χ2v) is 14.0. The van der Waals surface area contributed by atoms with E-state index in [2.05, 4.69) is 48.1 Å². The van der Waals surface area contributed by atoms with Crippen molar-refractivity contribution in [3.63, 3.8) is 0 Å². The first kappa shape index (κ1) is 30.8. The highest BCUT2D eigenvalue weighted by Crippen LogP contribution is 2.34. The molecule has 0 amide bonds. The fourth-order valence-electron chi connectivity index (χ4n) is 5.32. The van der Waals surface area contributed by atoms with E-state index in [1.807, 2.05) is 18.3 Å². The number of hydrogen-bond donors (Lipinski definition) is 0. The summed E-state index contributed by atoms with van der Waals surface area (Å²) in [6, 6.07) is 9.60. The van der Waals surface area contributed by atoms with Crippen molar-refractivity contribution in [2.75, 3.05) is 6.61 Å². The maximum Gasteiger partial charge on any atom is 0.137 e. The number of unbranched alkanes of at least 4 members (excludes halogenated alkanes) is 7. The fourth-order valence-corrected chi connectivity index (χ4v) is 6.85. The molecule has 1 saturated carbocycles. The van der Waals surface area contributed by atoms with Gasteiger partial charge in [0, 0.05) is 5.32 Å². The zero-order chi connectivity index (χ0) is 26.8. The van der Waals surface area contributed by atoms with Crippen LogP contribution in [0.4, 0.5) is 0 Å². The first-order valence-corrected chi connectivity index (χ1v) is 17.8. The van der Waals surface area contributed by atoms with Crippen molar-refractivity contribution < 1.29 is 4.74 Å². The van der Waals surface area contributed by atoms with Crippen LogP contribution in [-0.4, -0.2) is 31.3 Å². The van der Waals surface area contributed by atoms with E-state index >= 15 is 0 Å². The quantitative estimate of drug-likeness (QED) is 0.112. The topological polar surface area (TPSA) is 47.9 Å². The van der Waals surface area contributed by atoms with Crippen molar-refractivity contribution in [2.24, 2.45) is 17.8 Å². The molecule has 0 saturated heterocycles. The Morgan fingerprint density at radius 2 is 1.50 bits per heavy atom. The standard InChI is InChI=1S/C33H55N3OSi/c1-4-5-9-14-27(2)15-10-8-11-16-28(3)26-38-33-23-22-32(35-36-33)31-21-20-30(25-34-31)37-24-13-7-6-12-17-29-18-19-29/h20-23,25,27-29H,4-19,24,26,38H2,1-3H3. The van der Waals surface area contributed by atoms with E-state index in [4.69, 9.17) is 4.74 Å². The first-order chi connectivity index (χ1) is 18.6. The molecule has 0 aliphatic heterocycles. The minimum Gasteiger partial charge on any atom is -0.492 e. The molecule has 4 nitrogen and oxygen atoms in total. The van der Waals surface area contributed by atoms with Crippen LogP contribution < -0.4 is 10.1 Å². The molecule has 1 fully saturated rings. The van der Waals surface area contributed by atoms with Crippen LogP contribution in [0.15, 0.2) is 30.5 Å². The van der Waals surface area contributed by atoms with Crippen LogP contribution in [-0.2, 0) is 0 Å². The van der Waals surface area contributed by atoms with Crippen molar-refractivity contribution in [1.82, 2.24) is 15.2 Å². The summed E-state index contributed by atoms with van der Waals surface area (Å²) in [5, 5.41) is 10.3. The van der Waals surface area contributed by atoms with Crippen molar-refractivity contribution in [1.29, 1.82) is 0 Å². The maximum atomic E-state index is 5.89. The average Bonchev–Trinajstić information content (AvgIpc) is 3.76. The molecule has 0 radical (unpaired) electrons. The van der Waals surface area contributed by atoms with Gasteiger partial charge in [0.2, 0.25) is 0 Å². The number of aromatic nitrogens is 3. The smallest absolute Gasteiger partial charge is 0.137 e. The van der Waals surface area contributed by atoms with Gasteiger partial charge in [0.1, 0.15) is 11.4 Å². The minimum atomic E-state index is -0.359. The van der Waals surface area contributed by atoms with Crippen LogP contribution in [0.1, 0.15) is 124 Å². The monoisotopic (exact) mass is 537 g/mol. The van der Waals surface area contributed by atoms with E-state index < -0.39 is 0 Å². The molecule has 3 rings (SSSR count). The predicted molar refractivity (Wildman–Crippen MR) is 165 cm³/mol. The molecule has 2 atom stereocenters. The van der Waals surface area contributed by atoms with E-state index in [1.54, 1.807) is 0 Å². The molecule has 0 bridgehead atoms. The zero-order valence-electron chi connectivity index (χ0n) is 24.8. The normalized spacial score (nSPS) is 15.2. The molecular formula is C33H55N3OSi. The number of rotatable bonds is 22. The van der Waals surface area contributed by atoms with Gasteiger partial charge in [0.05, 0.1) is 28.0 Å². The van der Waals surface area contributed by atoms with E-state index in [-0.39, 0.29) is 9.52 Å². The van der Waals surface area contributed by atoms with Gasteiger partial charge in [-0.15, -0.1) is 5.10 Å². The van der Waals surface area contributed by atoms with Gasteiger partial charge in [0.15, 0.2) is 0 Å². The zero-order valence-corrected chi connectivity index (χ0v) is 26.2. The van der Waals surface area contributed by atoms with Crippen molar-refractivity contribution in [3.05, 3.63) is 30.5 Å². The highest BCUT2D eigenvalue weighted by Gasteiger charge is 2.19. The number of pyridine rings is 1. The lowest BCUT2D eigenvalue weighted by Crippen LogP contribution is -2.21. The van der Waals surface area contributed by atoms with E-state index in [9.17, 15) is 0 Å². The molecule has 38 heavy (non-hydrogen) atoms. The van der Waals surface area contributed by atoms with Crippen LogP contribution in [0.25, 0.3) is 11.4 Å². The second kappa shape index (κ2) is 18.5. The van der Waals surface area contributed by atoms with Crippen LogP contribution >= 0.6 is 0 Å². The third kappa shape index (κ3) is 13.4. The third-order valence-electron chi connectivity index (χ3n) is 8.28. The Morgan fingerprint density at radius 1 is 0.789 bits per heavy atom. The molecule has 212 valence electrons. The summed E-state index contributed by atoms with van der Waals surface area (Å²) in [6.07, 6.45) is 23.9. The predicted octanol–water partition coefficient (Wildman–Crippen LogP) is 8.29. The lowest BCUT2D eigenvalue weighted by molar-refractivity contribution is 0.303. The highest BCUT2D eigenvalue weighted by atomic mass is 28.2. The van der Waals surface area contributed by atoms with Crippen molar-refractivity contribution >= 4 is 14.8 Å². The summed E-state index contributed by atoms with van der Waals surface area (Å²) in [7, 11) is -0.359. The fraction of sp³-hybridized carbons (Fsp3) is 0.727. The SMILES string of the molecule is CCCCCC(C)CCCCCC(C)C[SiH2]c1ccc(-c2ccc(OCCCCCCC3CC3)cn2)nn1. The molecule has 1 aliphatic rings. The Hall–Kier alpha value is -1.75. The van der Waals surface area contributed by atoms with Gasteiger partial charge in [-0.3, -0.25) is 4.98 Å². The Morgan fingerprint density at radius 3 is 2.18 bits per heavy atom. The minimum absolute atomic E-state index is 0.359. The Balaban J connectivity index is 1.24. The van der Waals surface area contributed by atoms with Crippen LogP contribution in [0.2, 0.25) is 6.04 Å². The molecule has 0 aromatic carbocycles. The van der Waals surface area contributed by atoms with Gasteiger partial charge >= 0.3 is 0 Å². The first-order valence-electron chi connectivity index (χ1n) is 16.1. The summed E-state index contributed by atoms with van der Waals surface area (Å²) >= 11 is 0. The van der Waals surface area contributed by atoms with Gasteiger partial charge in [-0.2, -0.15) is 5.10 Å². The molecule has 2 heterocycles. The summed E-state index contributed by atoms with van der Waals surface area (Å²) < 4.78 is 5.89. The number of hydrogen-bond acceptors (Lipinski definition) is 4. The lowest BCUT2D eigenvalue weighted by atomic mass is 9.96. The summed E-state index contributed by atoms with van der Waals surface area (Å²) in [5.74, 6) is 3.63. The van der Waals surface area contributed by atoms with Crippen molar-refractivity contribution in [3.8, 4) is 17.1 Å². The van der Waals surface area contributed by atoms with Crippen LogP contribution in [0, 0.1) is 17.8 Å². The molecule has 2 aromatic heterocycles. The molecule has 1 aliphatic carbocycles. The molecular weight excluding hydrogens is 482 g/mol. The van der Waals surface area contributed by atoms with Gasteiger partial charge in [-0.05, 0) is 48.4 Å². The Bertz CT molecular complexity index is 854. The number of nitrogens with zero attached hydrogens (tertiary/aromatic N) is 3. The molecule has 0 spiro atoms. The van der Waals surface area contributed by atoms with E-state index in [1.165, 1.54) is 108 Å². The van der Waals surface area contributed by atoms with E-state index in [0.717, 1.165) is 47.9 Å². The van der Waals surface area contributed by atoms with Crippen LogP contribution in [0.5, 0.6) is 5.75 Å². The van der Waals surface area contributed by atoms with E-state index in [0.29, 0.717) is 0 Å². The van der Waals surface area contributed by atoms with Gasteiger partial charge < -0.3 is 4.74 Å². The van der Waals surface area contributed by atoms with Crippen LogP contribution in [0.3, 0.4) is 0 Å². The van der Waals surface area contributed by atoms with Gasteiger partial charge in [-0.1, -0.05) is 123 Å². The highest BCUT2D eigenvalue weighted by molar-refractivity contribution is 6.52. The molecule has 2 unspecified atom stereocenters. The summed E-state index contributed by atoms with van der Waals surface area (Å²) in [5.41, 5.74) is 1.72. The molecule has 0 N–H and O–H groups in total. The maximum absolute atomic E-state index is 5.89. The summed E-state index contributed by atoms with van der Waals surface area (Å²) in [6.45, 7) is 7.93. The lowest BCUT2D eigenvalue weighted by Gasteiger charge is -2.12. The van der Waals surface area contributed by atoms with Crippen molar-refractivity contribution in [2.45, 2.75) is 130 Å². The average molecular weight is 538 g/mol. The third-order valence-corrected chi connectivity index (χ3v) is 10.4. The Kier molecular flexibility index (Phi) is 15.0. The molecule has 2 aromatic rings. The second-order valence-electron chi connectivity index (χ2n) is 12.2. The molecule has 5 heteroatoms. The van der Waals surface area contributed by atoms with Gasteiger partial charge in [0.25, 0.3) is 0 Å². The Labute approximate surface area is 236 Å². The largest absolute Gasteiger partial charge is 0.492 e. The number of ether oxygens (including phenoxy) is 1. The van der Waals surface area contributed by atoms with Gasteiger partial charge in [-0.25, -0.2) is 0 Å². The summed E-state index contributed by atoms with van der Waals surface area (Å²) in [4.78, 5) is 4.57.